The van der Waals surface area contributed by atoms with Crippen LogP contribution in [-0.2, 0) is 12.7 Å². The number of amides is 1. The van der Waals surface area contributed by atoms with Crippen molar-refractivity contribution in [1.82, 2.24) is 15.2 Å². The maximum absolute atomic E-state index is 13.3. The van der Waals surface area contributed by atoms with Crippen molar-refractivity contribution in [2.45, 2.75) is 18.8 Å². The van der Waals surface area contributed by atoms with Crippen molar-refractivity contribution in [1.29, 1.82) is 0 Å². The Hall–Kier alpha value is -4.58. The number of nitrogens with zero attached hydrogens (tertiary/aromatic N) is 3. The van der Waals surface area contributed by atoms with Gasteiger partial charge in [-0.05, 0) is 83.4 Å². The minimum atomic E-state index is -4.43. The van der Waals surface area contributed by atoms with E-state index in [1.807, 2.05) is 54.6 Å². The van der Waals surface area contributed by atoms with E-state index in [-0.39, 0.29) is 11.9 Å². The van der Waals surface area contributed by atoms with Gasteiger partial charge in [0.1, 0.15) is 0 Å². The maximum atomic E-state index is 13.3. The molecule has 4 aromatic carbocycles. The second-order valence-electron chi connectivity index (χ2n) is 11.6. The van der Waals surface area contributed by atoms with Crippen molar-refractivity contribution in [3.63, 3.8) is 0 Å². The Kier molecular flexibility index (Phi) is 10.7. The number of anilines is 2. The summed E-state index contributed by atoms with van der Waals surface area (Å²) in [4.78, 5) is 23.2. The lowest BCUT2D eigenvalue weighted by Crippen LogP contribution is -2.50. The fraction of sp³-hybridized carbons (Fsp3) is 0.184. The SMILES string of the molecule is O=C(Nc1ccc(N2CCN(C(C(=S)NCc3ccccn3)c3cccc(Br)c3)CC2)cc1)c1ccccc1-c1ccc(C(F)(F)F)cc1. The normalized spacial score (nSPS) is 14.2. The molecule has 0 aliphatic carbocycles. The van der Waals surface area contributed by atoms with E-state index in [9.17, 15) is 18.0 Å². The number of piperazine rings is 1. The lowest BCUT2D eigenvalue weighted by atomic mass is 9.98. The number of hydrogen-bond donors (Lipinski definition) is 2. The third-order valence-corrected chi connectivity index (χ3v) is 9.31. The molecular weight excluding hydrogens is 711 g/mol. The van der Waals surface area contributed by atoms with Crippen LogP contribution in [0, 0.1) is 0 Å². The molecule has 1 atom stereocenters. The highest BCUT2D eigenvalue weighted by Gasteiger charge is 2.31. The van der Waals surface area contributed by atoms with Gasteiger partial charge in [-0.25, -0.2) is 0 Å². The summed E-state index contributed by atoms with van der Waals surface area (Å²) in [6, 6.07) is 33.4. The second-order valence-corrected chi connectivity index (χ2v) is 13.0. The Balaban J connectivity index is 1.09. The van der Waals surface area contributed by atoms with Gasteiger partial charge in [-0.3, -0.25) is 14.7 Å². The van der Waals surface area contributed by atoms with Gasteiger partial charge in [0, 0.05) is 53.8 Å². The first kappa shape index (κ1) is 34.3. The fourth-order valence-corrected chi connectivity index (χ4v) is 6.72. The largest absolute Gasteiger partial charge is 0.416 e. The highest BCUT2D eigenvalue weighted by molar-refractivity contribution is 9.10. The van der Waals surface area contributed by atoms with E-state index in [2.05, 4.69) is 53.5 Å². The second kappa shape index (κ2) is 15.3. The highest BCUT2D eigenvalue weighted by Crippen LogP contribution is 2.33. The van der Waals surface area contributed by atoms with Crippen molar-refractivity contribution >= 4 is 50.4 Å². The Bertz CT molecular complexity index is 1900. The molecule has 5 aromatic rings. The molecular formula is C38H33BrF3N5OS. The van der Waals surface area contributed by atoms with E-state index in [0.29, 0.717) is 28.9 Å². The Morgan fingerprint density at radius 1 is 0.857 bits per heavy atom. The van der Waals surface area contributed by atoms with Crippen LogP contribution in [0.1, 0.15) is 33.2 Å². The number of halogens is 4. The number of hydrogen-bond acceptors (Lipinski definition) is 5. The molecule has 1 fully saturated rings. The molecule has 11 heteroatoms. The number of thiocarbonyl (C=S) groups is 1. The van der Waals surface area contributed by atoms with Gasteiger partial charge in [0.15, 0.2) is 0 Å². The van der Waals surface area contributed by atoms with Crippen molar-refractivity contribution in [3.05, 3.63) is 148 Å². The molecule has 1 aromatic heterocycles. The summed E-state index contributed by atoms with van der Waals surface area (Å²) in [5.41, 5.74) is 4.41. The summed E-state index contributed by atoms with van der Waals surface area (Å²) in [5, 5.41) is 6.37. The van der Waals surface area contributed by atoms with E-state index >= 15 is 0 Å². The molecule has 0 spiro atoms. The molecule has 1 aliphatic heterocycles. The number of benzene rings is 4. The van der Waals surface area contributed by atoms with Gasteiger partial charge >= 0.3 is 6.18 Å². The summed E-state index contributed by atoms with van der Waals surface area (Å²) in [6.45, 7) is 3.72. The number of aromatic nitrogens is 1. The van der Waals surface area contributed by atoms with Gasteiger partial charge in [0.05, 0.1) is 28.8 Å². The third kappa shape index (κ3) is 8.54. The van der Waals surface area contributed by atoms with Crippen LogP contribution in [-0.4, -0.2) is 47.0 Å². The van der Waals surface area contributed by atoms with Crippen LogP contribution in [0.15, 0.2) is 126 Å². The first-order valence-electron chi connectivity index (χ1n) is 15.8. The Morgan fingerprint density at radius 3 is 2.24 bits per heavy atom. The van der Waals surface area contributed by atoms with Crippen LogP contribution in [0.4, 0.5) is 24.5 Å². The average molecular weight is 745 g/mol. The fourth-order valence-electron chi connectivity index (χ4n) is 5.95. The van der Waals surface area contributed by atoms with Crippen LogP contribution in [0.25, 0.3) is 11.1 Å². The van der Waals surface area contributed by atoms with Gasteiger partial charge in [-0.15, -0.1) is 0 Å². The minimum absolute atomic E-state index is 0.0959. The highest BCUT2D eigenvalue weighted by atomic mass is 79.9. The summed E-state index contributed by atoms with van der Waals surface area (Å²) in [7, 11) is 0. The molecule has 1 aliphatic rings. The topological polar surface area (TPSA) is 60.5 Å². The summed E-state index contributed by atoms with van der Waals surface area (Å²) in [5.74, 6) is -0.344. The first-order valence-corrected chi connectivity index (χ1v) is 17.0. The van der Waals surface area contributed by atoms with E-state index in [4.69, 9.17) is 12.2 Å². The molecule has 0 radical (unpaired) electrons. The van der Waals surface area contributed by atoms with Crippen LogP contribution >= 0.6 is 28.1 Å². The molecule has 6 rings (SSSR count). The smallest absolute Gasteiger partial charge is 0.372 e. The van der Waals surface area contributed by atoms with E-state index in [0.717, 1.165) is 64.7 Å². The van der Waals surface area contributed by atoms with Crippen molar-refractivity contribution in [2.24, 2.45) is 0 Å². The zero-order valence-corrected chi connectivity index (χ0v) is 28.7. The maximum Gasteiger partial charge on any atom is 0.416 e. The molecule has 250 valence electrons. The molecule has 2 N–H and O–H groups in total. The minimum Gasteiger partial charge on any atom is -0.372 e. The van der Waals surface area contributed by atoms with Crippen LogP contribution < -0.4 is 15.5 Å². The Morgan fingerprint density at radius 2 is 1.57 bits per heavy atom. The van der Waals surface area contributed by atoms with Gasteiger partial charge in [0.2, 0.25) is 0 Å². The monoisotopic (exact) mass is 743 g/mol. The van der Waals surface area contributed by atoms with E-state index < -0.39 is 11.7 Å². The lowest BCUT2D eigenvalue weighted by Gasteiger charge is -2.40. The predicted octanol–water partition coefficient (Wildman–Crippen LogP) is 8.76. The van der Waals surface area contributed by atoms with Gasteiger partial charge in [0.25, 0.3) is 5.91 Å². The number of pyridine rings is 1. The third-order valence-electron chi connectivity index (χ3n) is 8.45. The predicted molar refractivity (Wildman–Crippen MR) is 196 cm³/mol. The summed E-state index contributed by atoms with van der Waals surface area (Å²) >= 11 is 9.57. The van der Waals surface area contributed by atoms with Crippen molar-refractivity contribution in [2.75, 3.05) is 36.4 Å². The molecule has 0 bridgehead atoms. The number of alkyl halides is 3. The number of carbonyl (C=O) groups is 1. The first-order chi connectivity index (χ1) is 23.7. The number of rotatable bonds is 9. The summed E-state index contributed by atoms with van der Waals surface area (Å²) < 4.78 is 40.2. The molecule has 0 saturated carbocycles. The van der Waals surface area contributed by atoms with Gasteiger partial charge in [-0.2, -0.15) is 13.2 Å². The zero-order chi connectivity index (χ0) is 34.4. The molecule has 1 saturated heterocycles. The molecule has 1 unspecified atom stereocenters. The lowest BCUT2D eigenvalue weighted by molar-refractivity contribution is -0.137. The molecule has 1 amide bonds. The van der Waals surface area contributed by atoms with Crippen LogP contribution in [0.5, 0.6) is 0 Å². The van der Waals surface area contributed by atoms with Crippen LogP contribution in [0.3, 0.4) is 0 Å². The van der Waals surface area contributed by atoms with Crippen molar-refractivity contribution < 1.29 is 18.0 Å². The summed E-state index contributed by atoms with van der Waals surface area (Å²) in [6.07, 6.45) is -2.65. The quantitative estimate of drug-likeness (QED) is 0.147. The molecule has 6 nitrogen and oxygen atoms in total. The van der Waals surface area contributed by atoms with E-state index in [1.165, 1.54) is 12.1 Å². The van der Waals surface area contributed by atoms with Crippen molar-refractivity contribution in [3.8, 4) is 11.1 Å². The molecule has 2 heterocycles. The Labute approximate surface area is 297 Å². The average Bonchev–Trinajstić information content (AvgIpc) is 3.12. The number of nitrogens with one attached hydrogen (secondary N) is 2. The van der Waals surface area contributed by atoms with E-state index in [1.54, 1.807) is 30.5 Å². The van der Waals surface area contributed by atoms with Gasteiger partial charge < -0.3 is 15.5 Å². The molecule has 49 heavy (non-hydrogen) atoms. The van der Waals surface area contributed by atoms with Crippen LogP contribution in [0.2, 0.25) is 0 Å². The standard InChI is InChI=1S/C38H33BrF3N5OS/c39-29-7-5-6-27(24-29)35(37(49)44-25-31-8-3-4-19-43-31)47-22-20-46(21-23-47)32-17-15-30(16-18-32)45-36(48)34-10-2-1-9-33(34)26-11-13-28(14-12-26)38(40,41)42/h1-19,24,35H,20-23,25H2,(H,44,49)(H,45,48). The zero-order valence-electron chi connectivity index (χ0n) is 26.3. The number of carbonyl (C=O) groups excluding carboxylic acids is 1. The van der Waals surface area contributed by atoms with Gasteiger partial charge in [-0.1, -0.05) is 76.7 Å².